The van der Waals surface area contributed by atoms with Crippen LogP contribution >= 0.6 is 11.6 Å². The normalized spacial score (nSPS) is 10.3. The predicted molar refractivity (Wildman–Crippen MR) is 96.6 cm³/mol. The lowest BCUT2D eigenvalue weighted by molar-refractivity contribution is -0.119. The highest BCUT2D eigenvalue weighted by Gasteiger charge is 2.24. The van der Waals surface area contributed by atoms with Gasteiger partial charge in [0.05, 0.1) is 12.2 Å². The fourth-order valence-electron chi connectivity index (χ4n) is 2.40. The van der Waals surface area contributed by atoms with Crippen molar-refractivity contribution in [2.45, 2.75) is 20.8 Å². The summed E-state index contributed by atoms with van der Waals surface area (Å²) in [5.41, 5.74) is 1.86. The minimum atomic E-state index is -0.729. The molecule has 0 saturated carbocycles. The van der Waals surface area contributed by atoms with E-state index in [1.807, 2.05) is 0 Å². The fraction of sp³-hybridized carbons (Fsp3) is 0.278. The van der Waals surface area contributed by atoms with Gasteiger partial charge in [0.1, 0.15) is 5.69 Å². The molecule has 2 rings (SSSR count). The molecule has 2 aromatic rings. The van der Waals surface area contributed by atoms with E-state index in [9.17, 15) is 14.4 Å². The quantitative estimate of drug-likeness (QED) is 0.752. The number of rotatable bonds is 6. The highest BCUT2D eigenvalue weighted by atomic mass is 35.5. The van der Waals surface area contributed by atoms with E-state index in [2.05, 4.69) is 10.3 Å². The van der Waals surface area contributed by atoms with Crippen molar-refractivity contribution in [2.24, 2.45) is 0 Å². The van der Waals surface area contributed by atoms with Crippen LogP contribution in [-0.4, -0.2) is 36.0 Å². The molecule has 0 aliphatic rings. The Hall–Kier alpha value is -2.80. The molecule has 0 bridgehead atoms. The highest BCUT2D eigenvalue weighted by Crippen LogP contribution is 2.20. The number of esters is 2. The Morgan fingerprint density at radius 1 is 1.08 bits per heavy atom. The maximum Gasteiger partial charge on any atom is 0.355 e. The molecular formula is C18H19ClN2O5. The molecular weight excluding hydrogens is 360 g/mol. The number of carbonyl (C=O) groups excluding carboxylic acids is 3. The van der Waals surface area contributed by atoms with Gasteiger partial charge in [0.2, 0.25) is 0 Å². The summed E-state index contributed by atoms with van der Waals surface area (Å²) in [6.07, 6.45) is 0. The van der Waals surface area contributed by atoms with E-state index in [0.29, 0.717) is 27.5 Å². The van der Waals surface area contributed by atoms with Crippen LogP contribution < -0.4 is 5.32 Å². The lowest BCUT2D eigenvalue weighted by Gasteiger charge is -2.07. The van der Waals surface area contributed by atoms with Crippen LogP contribution in [0.2, 0.25) is 5.02 Å². The van der Waals surface area contributed by atoms with Gasteiger partial charge in [-0.2, -0.15) is 0 Å². The van der Waals surface area contributed by atoms with Crippen LogP contribution in [-0.2, 0) is 14.3 Å². The number of hydrogen-bond donors (Lipinski definition) is 2. The average Bonchev–Trinajstić information content (AvgIpc) is 2.89. The first-order valence-corrected chi connectivity index (χ1v) is 8.30. The van der Waals surface area contributed by atoms with E-state index in [0.717, 1.165) is 0 Å². The van der Waals surface area contributed by atoms with Crippen molar-refractivity contribution in [1.29, 1.82) is 0 Å². The van der Waals surface area contributed by atoms with Crippen molar-refractivity contribution in [2.75, 3.05) is 18.5 Å². The van der Waals surface area contributed by atoms with Crippen LogP contribution in [0, 0.1) is 13.8 Å². The second-order valence-electron chi connectivity index (χ2n) is 5.48. The van der Waals surface area contributed by atoms with Gasteiger partial charge in [0.25, 0.3) is 5.91 Å². The first kappa shape index (κ1) is 19.5. The monoisotopic (exact) mass is 378 g/mol. The first-order chi connectivity index (χ1) is 12.3. The van der Waals surface area contributed by atoms with Crippen LogP contribution in [0.3, 0.4) is 0 Å². The van der Waals surface area contributed by atoms with Crippen molar-refractivity contribution >= 4 is 35.1 Å². The standard InChI is InChI=1S/C18H19ClN2O5/c1-4-25-17(23)15-10(2)16(20-11(15)3)18(24)26-9-14(22)21-13-7-5-12(19)6-8-13/h5-8,20H,4,9H2,1-3H3,(H,21,22). The van der Waals surface area contributed by atoms with Crippen LogP contribution in [0.5, 0.6) is 0 Å². The van der Waals surface area contributed by atoms with E-state index in [1.165, 1.54) is 0 Å². The number of aryl methyl sites for hydroxylation is 1. The van der Waals surface area contributed by atoms with Crippen LogP contribution in [0.25, 0.3) is 0 Å². The van der Waals surface area contributed by atoms with Crippen molar-refractivity contribution in [3.05, 3.63) is 51.8 Å². The Bertz CT molecular complexity index is 827. The SMILES string of the molecule is CCOC(=O)c1c(C)[nH]c(C(=O)OCC(=O)Nc2ccc(Cl)cc2)c1C. The molecule has 1 aromatic carbocycles. The molecule has 2 N–H and O–H groups in total. The zero-order valence-electron chi connectivity index (χ0n) is 14.6. The summed E-state index contributed by atoms with van der Waals surface area (Å²) < 4.78 is 9.99. The van der Waals surface area contributed by atoms with Gasteiger partial charge >= 0.3 is 11.9 Å². The Labute approximate surface area is 155 Å². The van der Waals surface area contributed by atoms with Gasteiger partial charge < -0.3 is 19.8 Å². The smallest absolute Gasteiger partial charge is 0.355 e. The molecule has 1 aromatic heterocycles. The molecule has 0 radical (unpaired) electrons. The number of hydrogen-bond acceptors (Lipinski definition) is 5. The van der Waals surface area contributed by atoms with Crippen molar-refractivity contribution < 1.29 is 23.9 Å². The number of carbonyl (C=O) groups is 3. The summed E-state index contributed by atoms with van der Waals surface area (Å²) in [6.45, 7) is 4.73. The minimum Gasteiger partial charge on any atom is -0.462 e. The Kier molecular flexibility index (Phi) is 6.41. The van der Waals surface area contributed by atoms with Crippen LogP contribution in [0.1, 0.15) is 39.0 Å². The number of nitrogens with one attached hydrogen (secondary N) is 2. The zero-order valence-corrected chi connectivity index (χ0v) is 15.4. The lowest BCUT2D eigenvalue weighted by atomic mass is 10.1. The number of ether oxygens (including phenoxy) is 2. The second kappa shape index (κ2) is 8.53. The third-order valence-electron chi connectivity index (χ3n) is 3.58. The van der Waals surface area contributed by atoms with Crippen molar-refractivity contribution in [1.82, 2.24) is 4.98 Å². The largest absolute Gasteiger partial charge is 0.462 e. The number of aromatic nitrogens is 1. The minimum absolute atomic E-state index is 0.116. The molecule has 1 amide bonds. The number of anilines is 1. The van der Waals surface area contributed by atoms with Crippen LogP contribution in [0.4, 0.5) is 5.69 Å². The third-order valence-corrected chi connectivity index (χ3v) is 3.84. The van der Waals surface area contributed by atoms with Gasteiger partial charge in [-0.1, -0.05) is 11.6 Å². The molecule has 0 aliphatic heterocycles. The van der Waals surface area contributed by atoms with Gasteiger partial charge in [0.15, 0.2) is 6.61 Å². The van der Waals surface area contributed by atoms with Gasteiger partial charge in [-0.25, -0.2) is 9.59 Å². The summed E-state index contributed by atoms with van der Waals surface area (Å²) in [6, 6.07) is 6.52. The number of aromatic amines is 1. The lowest BCUT2D eigenvalue weighted by Crippen LogP contribution is -2.21. The molecule has 0 spiro atoms. The van der Waals surface area contributed by atoms with E-state index >= 15 is 0 Å². The van der Waals surface area contributed by atoms with E-state index < -0.39 is 24.5 Å². The summed E-state index contributed by atoms with van der Waals surface area (Å²) in [4.78, 5) is 38.8. The summed E-state index contributed by atoms with van der Waals surface area (Å²) >= 11 is 5.77. The molecule has 26 heavy (non-hydrogen) atoms. The van der Waals surface area contributed by atoms with Crippen molar-refractivity contribution in [3.63, 3.8) is 0 Å². The second-order valence-corrected chi connectivity index (χ2v) is 5.91. The van der Waals surface area contributed by atoms with Gasteiger partial charge in [-0.3, -0.25) is 4.79 Å². The molecule has 8 heteroatoms. The van der Waals surface area contributed by atoms with E-state index in [-0.39, 0.29) is 12.3 Å². The molecule has 0 fully saturated rings. The maximum absolute atomic E-state index is 12.2. The molecule has 0 atom stereocenters. The summed E-state index contributed by atoms with van der Waals surface area (Å²) in [7, 11) is 0. The molecule has 1 heterocycles. The maximum atomic E-state index is 12.2. The Balaban J connectivity index is 1.99. The van der Waals surface area contributed by atoms with E-state index in [1.54, 1.807) is 45.0 Å². The van der Waals surface area contributed by atoms with Crippen molar-refractivity contribution in [3.8, 4) is 0 Å². The third kappa shape index (κ3) is 4.64. The predicted octanol–water partition coefficient (Wildman–Crippen LogP) is 3.26. The average molecular weight is 379 g/mol. The Morgan fingerprint density at radius 3 is 2.35 bits per heavy atom. The molecule has 0 aliphatic carbocycles. The fourth-order valence-corrected chi connectivity index (χ4v) is 2.52. The van der Waals surface area contributed by atoms with Gasteiger partial charge in [-0.15, -0.1) is 0 Å². The molecule has 0 unspecified atom stereocenters. The molecule has 7 nitrogen and oxygen atoms in total. The zero-order chi connectivity index (χ0) is 19.3. The molecule has 0 saturated heterocycles. The van der Waals surface area contributed by atoms with Crippen LogP contribution in [0.15, 0.2) is 24.3 Å². The first-order valence-electron chi connectivity index (χ1n) is 7.92. The van der Waals surface area contributed by atoms with Gasteiger partial charge in [0, 0.05) is 16.4 Å². The number of benzene rings is 1. The summed E-state index contributed by atoms with van der Waals surface area (Å²) in [5, 5.41) is 3.13. The van der Waals surface area contributed by atoms with E-state index in [4.69, 9.17) is 21.1 Å². The Morgan fingerprint density at radius 2 is 1.73 bits per heavy atom. The van der Waals surface area contributed by atoms with Gasteiger partial charge in [-0.05, 0) is 50.6 Å². The number of amides is 1. The topological polar surface area (TPSA) is 97.5 Å². The number of halogens is 1. The molecule has 138 valence electrons. The highest BCUT2D eigenvalue weighted by molar-refractivity contribution is 6.30. The summed E-state index contributed by atoms with van der Waals surface area (Å²) in [5.74, 6) is -1.74. The number of H-pyrrole nitrogens is 1.